The molecule has 0 radical (unpaired) electrons. The fraction of sp³-hybridized carbons (Fsp3) is 0.429. The number of urea groups is 2. The van der Waals surface area contributed by atoms with E-state index < -0.39 is 12.1 Å². The number of aliphatic imine (C=N–C) groups is 2. The molecule has 208 valence electrons. The van der Waals surface area contributed by atoms with Gasteiger partial charge in [-0.15, -0.1) is 0 Å². The Hall–Kier alpha value is -4.08. The van der Waals surface area contributed by atoms with Crippen LogP contribution in [0.2, 0.25) is 0 Å². The Kier molecular flexibility index (Phi) is 11.8. The molecule has 10 nitrogen and oxygen atoms in total. The van der Waals surface area contributed by atoms with Crippen molar-refractivity contribution in [1.29, 1.82) is 0 Å². The van der Waals surface area contributed by atoms with Crippen LogP contribution in [0.15, 0.2) is 46.4 Å². The lowest BCUT2D eigenvalue weighted by Gasteiger charge is -2.24. The minimum absolute atomic E-state index is 0.0986. The summed E-state index contributed by atoms with van der Waals surface area (Å²) in [4.78, 5) is 33.4. The van der Waals surface area contributed by atoms with Crippen LogP contribution >= 0.6 is 0 Å². The van der Waals surface area contributed by atoms with E-state index in [4.69, 9.17) is 17.2 Å². The zero-order chi connectivity index (χ0) is 29.2. The molecule has 10 heteroatoms. The number of hydrogen-bond acceptors (Lipinski definition) is 2. The van der Waals surface area contributed by atoms with Gasteiger partial charge >= 0.3 is 12.1 Å². The lowest BCUT2D eigenvalue weighted by atomic mass is 10.1. The van der Waals surface area contributed by atoms with E-state index in [9.17, 15) is 9.59 Å². The number of aryl methyl sites for hydroxylation is 4. The first kappa shape index (κ1) is 31.9. The molecule has 0 saturated carbocycles. The number of carbonyl (C=O) groups excluding carboxylic acids is 2. The van der Waals surface area contributed by atoms with Crippen molar-refractivity contribution >= 4 is 35.4 Å². The summed E-state index contributed by atoms with van der Waals surface area (Å²) in [5.74, 6) is 0.280. The monoisotopic (exact) mass is 524 g/mol. The van der Waals surface area contributed by atoms with Gasteiger partial charge in [0.2, 0.25) is 11.9 Å². The lowest BCUT2D eigenvalue weighted by molar-refractivity contribution is 0.240. The number of primary amides is 1. The minimum Gasteiger partial charge on any atom is -0.369 e. The molecule has 2 aromatic rings. The van der Waals surface area contributed by atoms with Gasteiger partial charge in [-0.25, -0.2) is 9.59 Å². The van der Waals surface area contributed by atoms with E-state index in [1.165, 1.54) is 5.56 Å². The van der Waals surface area contributed by atoms with Gasteiger partial charge in [-0.05, 0) is 69.7 Å². The number of para-hydroxylation sites is 2. The third kappa shape index (κ3) is 9.42. The summed E-state index contributed by atoms with van der Waals surface area (Å²) in [6.45, 7) is 13.9. The molecule has 2 rings (SSSR count). The fourth-order valence-corrected chi connectivity index (χ4v) is 3.91. The zero-order valence-corrected chi connectivity index (χ0v) is 24.2. The molecule has 2 aromatic carbocycles. The molecule has 0 aliphatic rings. The topological polar surface area (TPSA) is 155 Å². The van der Waals surface area contributed by atoms with Crippen molar-refractivity contribution in [3.05, 3.63) is 58.7 Å². The fourth-order valence-electron chi connectivity index (χ4n) is 3.91. The average molecular weight is 525 g/mol. The molecule has 0 aliphatic heterocycles. The van der Waals surface area contributed by atoms with Gasteiger partial charge in [0.05, 0.1) is 0 Å². The van der Waals surface area contributed by atoms with Gasteiger partial charge in [-0.3, -0.25) is 0 Å². The number of anilines is 2. The molecule has 0 aromatic heterocycles. The molecule has 0 atom stereocenters. The Morgan fingerprint density at radius 1 is 0.789 bits per heavy atom. The van der Waals surface area contributed by atoms with Crippen molar-refractivity contribution in [2.24, 2.45) is 27.2 Å². The van der Waals surface area contributed by atoms with Crippen LogP contribution < -0.4 is 32.3 Å². The predicted octanol–water partition coefficient (Wildman–Crippen LogP) is 4.20. The smallest absolute Gasteiger partial charge is 0.344 e. The third-order valence-corrected chi connectivity index (χ3v) is 5.69. The van der Waals surface area contributed by atoms with Crippen LogP contribution in [0.4, 0.5) is 21.0 Å². The Morgan fingerprint density at radius 3 is 1.53 bits per heavy atom. The highest BCUT2D eigenvalue weighted by Gasteiger charge is 2.17. The van der Waals surface area contributed by atoms with E-state index in [-0.39, 0.29) is 17.5 Å². The van der Waals surface area contributed by atoms with Crippen LogP contribution in [0.5, 0.6) is 0 Å². The molecule has 0 aliphatic carbocycles. The molecular formula is C28H44N8O2. The molecule has 0 bridgehead atoms. The number of amides is 4. The zero-order valence-electron chi connectivity index (χ0n) is 24.2. The number of nitrogens with zero attached hydrogens (tertiary/aromatic N) is 4. The SMILES string of the molecule is CCc1cccc(C)c1N(C)/C(N)=N\C(=O)NC(C)(C)C.CCc1cccc(C)c1N(C)/C(N)=N\C(N)=O. The first-order valence-corrected chi connectivity index (χ1v) is 12.6. The van der Waals surface area contributed by atoms with Crippen LogP contribution in [0.25, 0.3) is 0 Å². The van der Waals surface area contributed by atoms with Crippen molar-refractivity contribution in [1.82, 2.24) is 5.32 Å². The van der Waals surface area contributed by atoms with Crippen molar-refractivity contribution in [3.8, 4) is 0 Å². The Balaban J connectivity index is 0.000000389. The second kappa shape index (κ2) is 14.0. The van der Waals surface area contributed by atoms with Crippen molar-refractivity contribution in [3.63, 3.8) is 0 Å². The number of hydrogen-bond donors (Lipinski definition) is 4. The van der Waals surface area contributed by atoms with E-state index in [1.807, 2.05) is 72.0 Å². The highest BCUT2D eigenvalue weighted by molar-refractivity contribution is 6.02. The molecule has 7 N–H and O–H groups in total. The normalized spacial score (nSPS) is 11.8. The molecule has 0 spiro atoms. The minimum atomic E-state index is -0.791. The summed E-state index contributed by atoms with van der Waals surface area (Å²) < 4.78 is 0. The van der Waals surface area contributed by atoms with Gasteiger partial charge in [0.1, 0.15) is 0 Å². The second-order valence-corrected chi connectivity index (χ2v) is 9.95. The highest BCUT2D eigenvalue weighted by Crippen LogP contribution is 2.25. The Bertz CT molecular complexity index is 1180. The standard InChI is InChI=1S/C16H26N4O.C12H18N4O/c1-7-12-10-8-9-11(2)13(12)20(6)14(17)18-15(21)19-16(3,4)5;1-4-9-7-5-6-8(2)10(9)16(3)11(13)15-12(14)17/h8-10H,7H2,1-6H3,(H3,17,18,19,21);5-7H,4H2,1-3H3,(H4,13,14,15,17). The number of benzene rings is 2. The van der Waals surface area contributed by atoms with Gasteiger partial charge in [0, 0.05) is 31.0 Å². The van der Waals surface area contributed by atoms with Crippen LogP contribution in [-0.2, 0) is 12.8 Å². The quantitative estimate of drug-likeness (QED) is 0.347. The second-order valence-electron chi connectivity index (χ2n) is 9.95. The molecule has 0 saturated heterocycles. The summed E-state index contributed by atoms with van der Waals surface area (Å²) in [6, 6.07) is 10.9. The van der Waals surface area contributed by atoms with Gasteiger partial charge in [-0.1, -0.05) is 50.2 Å². The molecule has 4 amide bonds. The number of rotatable bonds is 4. The summed E-state index contributed by atoms with van der Waals surface area (Å²) in [6.07, 6.45) is 1.77. The van der Waals surface area contributed by atoms with Gasteiger partial charge in [-0.2, -0.15) is 9.98 Å². The molecule has 0 unspecified atom stereocenters. The van der Waals surface area contributed by atoms with Crippen molar-refractivity contribution in [2.75, 3.05) is 23.9 Å². The number of nitrogens with one attached hydrogen (secondary N) is 1. The van der Waals surface area contributed by atoms with E-state index in [1.54, 1.807) is 16.8 Å². The number of nitrogens with two attached hydrogens (primary N) is 3. The number of carbonyl (C=O) groups is 2. The lowest BCUT2D eigenvalue weighted by Crippen LogP contribution is -2.42. The predicted molar refractivity (Wildman–Crippen MR) is 159 cm³/mol. The first-order valence-electron chi connectivity index (χ1n) is 12.6. The maximum absolute atomic E-state index is 11.8. The molecular weight excluding hydrogens is 480 g/mol. The average Bonchev–Trinajstić information content (AvgIpc) is 2.81. The summed E-state index contributed by atoms with van der Waals surface area (Å²) in [5, 5.41) is 2.77. The highest BCUT2D eigenvalue weighted by atomic mass is 16.2. The molecule has 0 heterocycles. The van der Waals surface area contributed by atoms with E-state index in [2.05, 4.69) is 35.2 Å². The van der Waals surface area contributed by atoms with Crippen LogP contribution in [-0.4, -0.2) is 43.6 Å². The first-order chi connectivity index (χ1) is 17.6. The van der Waals surface area contributed by atoms with E-state index >= 15 is 0 Å². The third-order valence-electron chi connectivity index (χ3n) is 5.69. The number of guanidine groups is 2. The maximum Gasteiger partial charge on any atom is 0.344 e. The van der Waals surface area contributed by atoms with Crippen LogP contribution in [0, 0.1) is 13.8 Å². The van der Waals surface area contributed by atoms with E-state index in [0.29, 0.717) is 0 Å². The Labute approximate surface area is 227 Å². The van der Waals surface area contributed by atoms with Gasteiger partial charge in [0.25, 0.3) is 0 Å². The Morgan fingerprint density at radius 2 is 1.18 bits per heavy atom. The largest absolute Gasteiger partial charge is 0.369 e. The van der Waals surface area contributed by atoms with Crippen molar-refractivity contribution in [2.45, 2.75) is 66.8 Å². The summed E-state index contributed by atoms with van der Waals surface area (Å²) >= 11 is 0. The van der Waals surface area contributed by atoms with E-state index in [0.717, 1.165) is 40.9 Å². The molecule has 38 heavy (non-hydrogen) atoms. The summed E-state index contributed by atoms with van der Waals surface area (Å²) in [7, 11) is 3.59. The maximum atomic E-state index is 11.8. The summed E-state index contributed by atoms with van der Waals surface area (Å²) in [5.41, 5.74) is 22.8. The van der Waals surface area contributed by atoms with Gasteiger partial charge < -0.3 is 32.3 Å². The van der Waals surface area contributed by atoms with Crippen LogP contribution in [0.1, 0.15) is 56.9 Å². The van der Waals surface area contributed by atoms with Crippen molar-refractivity contribution < 1.29 is 9.59 Å². The van der Waals surface area contributed by atoms with Crippen LogP contribution in [0.3, 0.4) is 0 Å². The van der Waals surface area contributed by atoms with Gasteiger partial charge in [0.15, 0.2) is 0 Å². The molecule has 0 fully saturated rings.